The van der Waals surface area contributed by atoms with Gasteiger partial charge in [-0.1, -0.05) is 0 Å². The van der Waals surface area contributed by atoms with Crippen LogP contribution < -0.4 is 4.74 Å². The van der Waals surface area contributed by atoms with Crippen LogP contribution in [0.25, 0.3) is 0 Å². The van der Waals surface area contributed by atoms with E-state index in [1.807, 2.05) is 0 Å². The zero-order chi connectivity index (χ0) is 23.9. The summed E-state index contributed by atoms with van der Waals surface area (Å²) in [6.45, 7) is -1.18. The molecule has 1 aliphatic carbocycles. The number of halogens is 5. The Balaban J connectivity index is 1.55. The van der Waals surface area contributed by atoms with E-state index in [-0.39, 0.29) is 31.2 Å². The smallest absolute Gasteiger partial charge is 0.431 e. The molecule has 0 radical (unpaired) electrons. The molecule has 0 aromatic heterocycles. The lowest BCUT2D eigenvalue weighted by Crippen LogP contribution is -2.48. The Kier molecular flexibility index (Phi) is 6.70. The standard InChI is InChI=1S/C18H17F4IO8S/c19-17(20,18(21,22)32(26,27)28)7-8-29-14(24)10-3-5-16(6-4-10)30-13-9-11(23)1-2-12(13)15(25)31-16/h1-2,9-10H,3-8H2,(H,26,27,28). The first kappa shape index (κ1) is 25.0. The third kappa shape index (κ3) is 4.81. The molecule has 1 fully saturated rings. The number of hydrogen-bond donors (Lipinski definition) is 1. The highest BCUT2D eigenvalue weighted by molar-refractivity contribution is 14.1. The Hall–Kier alpha value is -1.68. The maximum absolute atomic E-state index is 13.5. The van der Waals surface area contributed by atoms with E-state index in [2.05, 4.69) is 27.3 Å². The summed E-state index contributed by atoms with van der Waals surface area (Å²) in [6, 6.07) is 4.95. The van der Waals surface area contributed by atoms with Gasteiger partial charge in [-0.3, -0.25) is 9.35 Å². The third-order valence-electron chi connectivity index (χ3n) is 5.23. The topological polar surface area (TPSA) is 116 Å². The molecule has 0 amide bonds. The number of hydrogen-bond acceptors (Lipinski definition) is 7. The molecule has 1 saturated carbocycles. The van der Waals surface area contributed by atoms with Crippen LogP contribution in [0.3, 0.4) is 0 Å². The lowest BCUT2D eigenvalue weighted by atomic mass is 9.84. The molecular weight excluding hydrogens is 579 g/mol. The highest BCUT2D eigenvalue weighted by Crippen LogP contribution is 2.43. The van der Waals surface area contributed by atoms with E-state index >= 15 is 0 Å². The first-order valence-corrected chi connectivity index (χ1v) is 11.8. The van der Waals surface area contributed by atoms with Gasteiger partial charge in [0.05, 0.1) is 18.9 Å². The van der Waals surface area contributed by atoms with E-state index in [9.17, 15) is 35.6 Å². The van der Waals surface area contributed by atoms with Crippen molar-refractivity contribution in [2.75, 3.05) is 6.61 Å². The summed E-state index contributed by atoms with van der Waals surface area (Å²) in [5.74, 6) is -8.39. The predicted octanol–water partition coefficient (Wildman–Crippen LogP) is 3.78. The number of rotatable bonds is 6. The molecule has 0 saturated heterocycles. The minimum atomic E-state index is -6.36. The summed E-state index contributed by atoms with van der Waals surface area (Å²) < 4.78 is 99.3. The molecule has 1 aromatic carbocycles. The highest BCUT2D eigenvalue weighted by atomic mass is 127. The SMILES string of the molecule is O=C1OC2(CCC(C(=O)OCCC(F)(F)C(F)(F)S(=O)(=O)O)CC2)Oc2cc(I)ccc21. The molecule has 32 heavy (non-hydrogen) atoms. The molecule has 1 spiro atoms. The number of benzene rings is 1. The van der Waals surface area contributed by atoms with Crippen LogP contribution in [0, 0.1) is 9.49 Å². The molecule has 2 aliphatic rings. The van der Waals surface area contributed by atoms with Crippen molar-refractivity contribution >= 4 is 44.6 Å². The monoisotopic (exact) mass is 596 g/mol. The van der Waals surface area contributed by atoms with Crippen molar-refractivity contribution in [2.45, 2.75) is 49.1 Å². The number of esters is 2. The van der Waals surface area contributed by atoms with Gasteiger partial charge >= 0.3 is 33.2 Å². The summed E-state index contributed by atoms with van der Waals surface area (Å²) in [7, 11) is -6.36. The second kappa shape index (κ2) is 8.59. The van der Waals surface area contributed by atoms with Gasteiger partial charge in [-0.15, -0.1) is 0 Å². The van der Waals surface area contributed by atoms with E-state index < -0.39 is 58.0 Å². The Morgan fingerprint density at radius 1 is 1.22 bits per heavy atom. The number of alkyl halides is 4. The summed E-state index contributed by atoms with van der Waals surface area (Å²) in [4.78, 5) is 24.4. The lowest BCUT2D eigenvalue weighted by Gasteiger charge is -2.41. The average Bonchev–Trinajstić information content (AvgIpc) is 2.66. The molecule has 0 bridgehead atoms. The maximum atomic E-state index is 13.5. The number of ether oxygens (including phenoxy) is 3. The van der Waals surface area contributed by atoms with Gasteiger partial charge in [0.1, 0.15) is 11.3 Å². The van der Waals surface area contributed by atoms with Gasteiger partial charge in [-0.2, -0.15) is 26.0 Å². The maximum Gasteiger partial charge on any atom is 0.431 e. The predicted molar refractivity (Wildman–Crippen MR) is 107 cm³/mol. The number of fused-ring (bicyclic) bond motifs is 1. The fraction of sp³-hybridized carbons (Fsp3) is 0.556. The fourth-order valence-corrected chi connectivity index (χ4v) is 4.37. The van der Waals surface area contributed by atoms with Crippen LogP contribution in [0.5, 0.6) is 5.75 Å². The van der Waals surface area contributed by atoms with E-state index in [4.69, 9.17) is 14.0 Å². The van der Waals surface area contributed by atoms with Crippen LogP contribution in [0.4, 0.5) is 17.6 Å². The molecular formula is C18H17F4IO8S. The molecule has 0 atom stereocenters. The van der Waals surface area contributed by atoms with Crippen molar-refractivity contribution in [3.63, 3.8) is 0 Å². The Morgan fingerprint density at radius 3 is 2.44 bits per heavy atom. The minimum absolute atomic E-state index is 0.112. The van der Waals surface area contributed by atoms with Crippen molar-refractivity contribution in [1.29, 1.82) is 0 Å². The first-order chi connectivity index (χ1) is 14.7. The molecule has 14 heteroatoms. The summed E-state index contributed by atoms with van der Waals surface area (Å²) in [5.41, 5.74) is 0.264. The number of carbonyl (C=O) groups excluding carboxylic acids is 2. The van der Waals surface area contributed by atoms with E-state index in [0.29, 0.717) is 5.75 Å². The van der Waals surface area contributed by atoms with Gasteiger partial charge in [-0.25, -0.2) is 4.79 Å². The largest absolute Gasteiger partial charge is 0.465 e. The van der Waals surface area contributed by atoms with Crippen molar-refractivity contribution in [1.82, 2.24) is 0 Å². The van der Waals surface area contributed by atoms with Gasteiger partial charge in [-0.05, 0) is 53.6 Å². The summed E-state index contributed by atoms with van der Waals surface area (Å²) in [5, 5.41) is -5.72. The van der Waals surface area contributed by atoms with Crippen LogP contribution in [-0.4, -0.2) is 48.5 Å². The molecule has 1 aliphatic heterocycles. The highest BCUT2D eigenvalue weighted by Gasteiger charge is 2.65. The molecule has 1 N–H and O–H groups in total. The van der Waals surface area contributed by atoms with Crippen molar-refractivity contribution in [2.24, 2.45) is 5.92 Å². The quantitative estimate of drug-likeness (QED) is 0.229. The Bertz CT molecular complexity index is 1020. The molecule has 3 rings (SSSR count). The lowest BCUT2D eigenvalue weighted by molar-refractivity contribution is -0.187. The number of carbonyl (C=O) groups is 2. The van der Waals surface area contributed by atoms with E-state index in [1.54, 1.807) is 18.2 Å². The zero-order valence-corrected chi connectivity index (χ0v) is 19.1. The fourth-order valence-electron chi connectivity index (χ4n) is 3.42. The first-order valence-electron chi connectivity index (χ1n) is 9.29. The molecule has 178 valence electrons. The molecule has 1 aromatic rings. The van der Waals surface area contributed by atoms with Crippen LogP contribution >= 0.6 is 22.6 Å². The van der Waals surface area contributed by atoms with Crippen LogP contribution in [0.1, 0.15) is 42.5 Å². The van der Waals surface area contributed by atoms with Crippen LogP contribution in [-0.2, 0) is 24.4 Å². The minimum Gasteiger partial charge on any atom is -0.465 e. The second-order valence-corrected chi connectivity index (χ2v) is 10.1. The summed E-state index contributed by atoms with van der Waals surface area (Å²) in [6.07, 6.45) is -1.36. The van der Waals surface area contributed by atoms with Gasteiger partial charge in [0.15, 0.2) is 0 Å². The Labute approximate surface area is 193 Å². The van der Waals surface area contributed by atoms with E-state index in [1.165, 1.54) is 0 Å². The second-order valence-electron chi connectivity index (χ2n) is 7.43. The van der Waals surface area contributed by atoms with E-state index in [0.717, 1.165) is 3.57 Å². The van der Waals surface area contributed by atoms with Crippen molar-refractivity contribution < 1.29 is 54.3 Å². The third-order valence-corrected chi connectivity index (χ3v) is 6.85. The van der Waals surface area contributed by atoms with Crippen molar-refractivity contribution in [3.8, 4) is 5.75 Å². The molecule has 1 heterocycles. The van der Waals surface area contributed by atoms with Gasteiger partial charge < -0.3 is 14.2 Å². The normalized spacial score (nSPS) is 23.8. The summed E-state index contributed by atoms with van der Waals surface area (Å²) >= 11 is 2.05. The van der Waals surface area contributed by atoms with Gasteiger partial charge in [0.25, 0.3) is 5.79 Å². The Morgan fingerprint density at radius 2 is 1.84 bits per heavy atom. The molecule has 8 nitrogen and oxygen atoms in total. The van der Waals surface area contributed by atoms with Gasteiger partial charge in [0.2, 0.25) is 0 Å². The van der Waals surface area contributed by atoms with Crippen LogP contribution in [0.2, 0.25) is 0 Å². The average molecular weight is 596 g/mol. The van der Waals surface area contributed by atoms with Gasteiger partial charge in [0, 0.05) is 16.4 Å². The van der Waals surface area contributed by atoms with Crippen LogP contribution in [0.15, 0.2) is 18.2 Å². The zero-order valence-electron chi connectivity index (χ0n) is 16.2. The van der Waals surface area contributed by atoms with Crippen molar-refractivity contribution in [3.05, 3.63) is 27.3 Å². The molecule has 0 unspecified atom stereocenters.